The van der Waals surface area contributed by atoms with E-state index in [1.807, 2.05) is 24.3 Å². The zero-order valence-electron chi connectivity index (χ0n) is 14.4. The van der Waals surface area contributed by atoms with Crippen molar-refractivity contribution in [3.8, 4) is 0 Å². The summed E-state index contributed by atoms with van der Waals surface area (Å²) in [5.74, 6) is 0.913. The SMILES string of the molecule is O=C(CC[NH+]1CC[C@H](c2ccccc2)C1)c1cccc2ccccc12. The molecular formula is C23H24NO+. The van der Waals surface area contributed by atoms with E-state index in [0.717, 1.165) is 29.4 Å². The number of carbonyl (C=O) groups is 1. The van der Waals surface area contributed by atoms with E-state index in [4.69, 9.17) is 0 Å². The number of quaternary nitrogens is 1. The van der Waals surface area contributed by atoms with Gasteiger partial charge in [-0.3, -0.25) is 4.79 Å². The molecule has 25 heavy (non-hydrogen) atoms. The molecule has 2 nitrogen and oxygen atoms in total. The van der Waals surface area contributed by atoms with Gasteiger partial charge in [-0.2, -0.15) is 0 Å². The fourth-order valence-corrected chi connectivity index (χ4v) is 4.06. The minimum absolute atomic E-state index is 0.271. The number of fused-ring (bicyclic) bond motifs is 1. The molecule has 3 aromatic rings. The number of rotatable bonds is 5. The van der Waals surface area contributed by atoms with Gasteiger partial charge >= 0.3 is 0 Å². The molecule has 0 amide bonds. The second kappa shape index (κ2) is 7.20. The van der Waals surface area contributed by atoms with Gasteiger partial charge < -0.3 is 4.90 Å². The van der Waals surface area contributed by atoms with Crippen LogP contribution in [0.2, 0.25) is 0 Å². The molecule has 0 radical (unpaired) electrons. The fraction of sp³-hybridized carbons (Fsp3) is 0.261. The van der Waals surface area contributed by atoms with Crippen molar-refractivity contribution in [1.29, 1.82) is 0 Å². The number of carbonyl (C=O) groups excluding carboxylic acids is 1. The second-order valence-electron chi connectivity index (χ2n) is 7.05. The zero-order chi connectivity index (χ0) is 17.1. The Labute approximate surface area is 149 Å². The van der Waals surface area contributed by atoms with Crippen LogP contribution in [-0.2, 0) is 0 Å². The van der Waals surface area contributed by atoms with Crippen molar-refractivity contribution in [3.05, 3.63) is 83.9 Å². The molecule has 0 saturated carbocycles. The van der Waals surface area contributed by atoms with Crippen molar-refractivity contribution < 1.29 is 9.69 Å². The minimum Gasteiger partial charge on any atom is -0.334 e. The zero-order valence-corrected chi connectivity index (χ0v) is 14.4. The van der Waals surface area contributed by atoms with Crippen LogP contribution in [0.1, 0.15) is 34.7 Å². The Kier molecular flexibility index (Phi) is 4.62. The summed E-state index contributed by atoms with van der Waals surface area (Å²) in [6, 6.07) is 25.0. The van der Waals surface area contributed by atoms with Gasteiger partial charge in [0.2, 0.25) is 0 Å². The van der Waals surface area contributed by atoms with Crippen molar-refractivity contribution >= 4 is 16.6 Å². The molecule has 0 aliphatic carbocycles. The largest absolute Gasteiger partial charge is 0.334 e. The number of nitrogens with one attached hydrogen (secondary N) is 1. The van der Waals surface area contributed by atoms with Gasteiger partial charge in [-0.1, -0.05) is 72.8 Å². The van der Waals surface area contributed by atoms with Gasteiger partial charge in [-0.25, -0.2) is 0 Å². The Bertz CT molecular complexity index is 866. The molecule has 1 aliphatic heterocycles. The highest BCUT2D eigenvalue weighted by Crippen LogP contribution is 2.21. The minimum atomic E-state index is 0.271. The van der Waals surface area contributed by atoms with Gasteiger partial charge in [0.1, 0.15) is 0 Å². The topological polar surface area (TPSA) is 21.5 Å². The average molecular weight is 330 g/mol. The van der Waals surface area contributed by atoms with E-state index in [2.05, 4.69) is 48.5 Å². The normalized spacial score (nSPS) is 20.0. The summed E-state index contributed by atoms with van der Waals surface area (Å²) >= 11 is 0. The first-order valence-electron chi connectivity index (χ1n) is 9.21. The molecule has 1 fully saturated rings. The first kappa shape index (κ1) is 16.0. The molecule has 4 rings (SSSR count). The van der Waals surface area contributed by atoms with E-state index in [0.29, 0.717) is 12.3 Å². The molecule has 2 heteroatoms. The summed E-state index contributed by atoms with van der Waals surface area (Å²) < 4.78 is 0. The standard InChI is InChI=1S/C23H23NO/c25-23(22-12-6-10-19-9-4-5-11-21(19)22)14-16-24-15-13-20(17-24)18-7-2-1-3-8-18/h1-12,20H,13-17H2/p+1/t20-/m0/s1. The maximum absolute atomic E-state index is 12.8. The molecule has 0 spiro atoms. The monoisotopic (exact) mass is 330 g/mol. The van der Waals surface area contributed by atoms with E-state index in [-0.39, 0.29) is 5.78 Å². The Morgan fingerprint density at radius 3 is 2.56 bits per heavy atom. The Balaban J connectivity index is 1.39. The number of ketones is 1. The number of likely N-dealkylation sites (tertiary alicyclic amines) is 1. The smallest absolute Gasteiger partial charge is 0.169 e. The van der Waals surface area contributed by atoms with Crippen LogP contribution in [0.5, 0.6) is 0 Å². The number of hydrogen-bond donors (Lipinski definition) is 1. The molecular weight excluding hydrogens is 306 g/mol. The van der Waals surface area contributed by atoms with E-state index in [1.165, 1.54) is 18.5 Å². The van der Waals surface area contributed by atoms with Crippen LogP contribution in [0.3, 0.4) is 0 Å². The van der Waals surface area contributed by atoms with Crippen molar-refractivity contribution in [2.45, 2.75) is 18.8 Å². The van der Waals surface area contributed by atoms with E-state index in [9.17, 15) is 4.79 Å². The van der Waals surface area contributed by atoms with Crippen LogP contribution in [0.15, 0.2) is 72.8 Å². The Morgan fingerprint density at radius 2 is 1.68 bits per heavy atom. The van der Waals surface area contributed by atoms with Crippen molar-refractivity contribution in [3.63, 3.8) is 0 Å². The molecule has 126 valence electrons. The Hall–Kier alpha value is -2.45. The van der Waals surface area contributed by atoms with Crippen molar-refractivity contribution in [1.82, 2.24) is 0 Å². The summed E-state index contributed by atoms with van der Waals surface area (Å²) in [5, 5.41) is 2.22. The first-order valence-corrected chi connectivity index (χ1v) is 9.21. The van der Waals surface area contributed by atoms with Crippen molar-refractivity contribution in [2.75, 3.05) is 19.6 Å². The average Bonchev–Trinajstić information content (AvgIpc) is 3.15. The lowest BCUT2D eigenvalue weighted by atomic mass is 9.99. The highest BCUT2D eigenvalue weighted by molar-refractivity contribution is 6.08. The molecule has 0 aromatic heterocycles. The van der Waals surface area contributed by atoms with Crippen LogP contribution in [0.4, 0.5) is 0 Å². The van der Waals surface area contributed by atoms with Gasteiger partial charge in [0.15, 0.2) is 5.78 Å². The lowest BCUT2D eigenvalue weighted by Crippen LogP contribution is -3.10. The molecule has 0 bridgehead atoms. The van der Waals surface area contributed by atoms with Gasteiger partial charge in [-0.05, 0) is 16.3 Å². The third kappa shape index (κ3) is 3.49. The van der Waals surface area contributed by atoms with Gasteiger partial charge in [0.25, 0.3) is 0 Å². The summed E-state index contributed by atoms with van der Waals surface area (Å²) in [7, 11) is 0. The van der Waals surface area contributed by atoms with Crippen LogP contribution in [0, 0.1) is 0 Å². The summed E-state index contributed by atoms with van der Waals surface area (Å²) in [6.45, 7) is 3.25. The Morgan fingerprint density at radius 1 is 0.920 bits per heavy atom. The number of Topliss-reactive ketones (excluding diaryl/α,β-unsaturated/α-hetero) is 1. The third-order valence-corrected chi connectivity index (χ3v) is 5.45. The van der Waals surface area contributed by atoms with Crippen LogP contribution in [0.25, 0.3) is 10.8 Å². The van der Waals surface area contributed by atoms with Gasteiger partial charge in [0.05, 0.1) is 26.1 Å². The van der Waals surface area contributed by atoms with Gasteiger partial charge in [0, 0.05) is 17.9 Å². The van der Waals surface area contributed by atoms with Crippen LogP contribution >= 0.6 is 0 Å². The lowest BCUT2D eigenvalue weighted by Gasteiger charge is -2.13. The van der Waals surface area contributed by atoms with Crippen LogP contribution in [-0.4, -0.2) is 25.4 Å². The molecule has 3 aromatic carbocycles. The highest BCUT2D eigenvalue weighted by Gasteiger charge is 2.27. The fourth-order valence-electron chi connectivity index (χ4n) is 4.06. The second-order valence-corrected chi connectivity index (χ2v) is 7.05. The molecule has 1 N–H and O–H groups in total. The third-order valence-electron chi connectivity index (χ3n) is 5.45. The molecule has 2 atom stereocenters. The highest BCUT2D eigenvalue weighted by atomic mass is 16.1. The summed E-state index contributed by atoms with van der Waals surface area (Å²) in [5.41, 5.74) is 2.31. The summed E-state index contributed by atoms with van der Waals surface area (Å²) in [6.07, 6.45) is 1.85. The number of benzene rings is 3. The molecule has 1 saturated heterocycles. The van der Waals surface area contributed by atoms with E-state index in [1.54, 1.807) is 4.90 Å². The predicted molar refractivity (Wildman–Crippen MR) is 102 cm³/mol. The summed E-state index contributed by atoms with van der Waals surface area (Å²) in [4.78, 5) is 14.3. The van der Waals surface area contributed by atoms with Crippen molar-refractivity contribution in [2.24, 2.45) is 0 Å². The first-order chi connectivity index (χ1) is 12.3. The van der Waals surface area contributed by atoms with E-state index >= 15 is 0 Å². The lowest BCUT2D eigenvalue weighted by molar-refractivity contribution is -0.887. The maximum atomic E-state index is 12.8. The quantitative estimate of drug-likeness (QED) is 0.711. The number of hydrogen-bond acceptors (Lipinski definition) is 1. The molecule has 1 unspecified atom stereocenters. The van der Waals surface area contributed by atoms with E-state index < -0.39 is 0 Å². The maximum Gasteiger partial charge on any atom is 0.169 e. The van der Waals surface area contributed by atoms with Gasteiger partial charge in [-0.15, -0.1) is 0 Å². The molecule has 1 aliphatic rings. The predicted octanol–water partition coefficient (Wildman–Crippen LogP) is 3.49. The van der Waals surface area contributed by atoms with Crippen LogP contribution < -0.4 is 4.90 Å². The molecule has 1 heterocycles.